The number of carbonyl (C=O) groups excluding carboxylic acids is 2. The van der Waals surface area contributed by atoms with Gasteiger partial charge in [0.05, 0.1) is 6.21 Å². The first-order valence-electron chi connectivity index (χ1n) is 6.05. The Morgan fingerprint density at radius 1 is 1.21 bits per heavy atom. The fraction of sp³-hybridized carbons (Fsp3) is 0.308. The van der Waals surface area contributed by atoms with Crippen LogP contribution in [-0.2, 0) is 9.59 Å². The quantitative estimate of drug-likeness (QED) is 0.505. The molecule has 0 atom stereocenters. The topological polar surface area (TPSA) is 61.8 Å². The zero-order chi connectivity index (χ0) is 13.7. The highest BCUT2D eigenvalue weighted by molar-refractivity contribution is 6.35. The van der Waals surface area contributed by atoms with Crippen molar-refractivity contribution in [2.75, 3.05) is 13.1 Å². The summed E-state index contributed by atoms with van der Waals surface area (Å²) in [4.78, 5) is 24.7. The Morgan fingerprint density at radius 3 is 2.47 bits per heavy atom. The predicted molar refractivity (Wildman–Crippen MR) is 73.0 cm³/mol. The van der Waals surface area contributed by atoms with Gasteiger partial charge in [-0.2, -0.15) is 5.10 Å². The van der Waals surface area contributed by atoms with E-state index in [0.717, 1.165) is 18.4 Å². The average Bonchev–Trinajstić information content (AvgIpc) is 2.94. The number of amides is 2. The molecule has 1 saturated heterocycles. The van der Waals surface area contributed by atoms with Crippen molar-refractivity contribution in [3.8, 4) is 0 Å². The Labute approximate surface area is 116 Å². The van der Waals surface area contributed by atoms with E-state index in [1.165, 1.54) is 11.1 Å². The molecule has 1 aliphatic heterocycles. The summed E-state index contributed by atoms with van der Waals surface area (Å²) in [6, 6.07) is 6.97. The molecule has 0 radical (unpaired) electrons. The van der Waals surface area contributed by atoms with Crippen molar-refractivity contribution in [3.63, 3.8) is 0 Å². The molecule has 0 spiro atoms. The highest BCUT2D eigenvalue weighted by atomic mass is 35.5. The molecule has 0 aromatic heterocycles. The van der Waals surface area contributed by atoms with Crippen LogP contribution in [0, 0.1) is 0 Å². The molecule has 0 bridgehead atoms. The summed E-state index contributed by atoms with van der Waals surface area (Å²) < 4.78 is 0. The van der Waals surface area contributed by atoms with E-state index >= 15 is 0 Å². The Kier molecular flexibility index (Phi) is 4.52. The Morgan fingerprint density at radius 2 is 1.84 bits per heavy atom. The summed E-state index contributed by atoms with van der Waals surface area (Å²) >= 11 is 5.75. The lowest BCUT2D eigenvalue weighted by molar-refractivity contribution is -0.145. The average molecular weight is 280 g/mol. The summed E-state index contributed by atoms with van der Waals surface area (Å²) in [5, 5.41) is 4.38. The van der Waals surface area contributed by atoms with Gasteiger partial charge in [0.25, 0.3) is 0 Å². The van der Waals surface area contributed by atoms with Gasteiger partial charge in [0.1, 0.15) is 0 Å². The van der Waals surface area contributed by atoms with Crippen molar-refractivity contribution in [2.45, 2.75) is 12.8 Å². The van der Waals surface area contributed by atoms with Crippen LogP contribution in [-0.4, -0.2) is 36.0 Å². The third-order valence-electron chi connectivity index (χ3n) is 2.84. The zero-order valence-electron chi connectivity index (χ0n) is 10.3. The molecule has 1 aromatic carbocycles. The van der Waals surface area contributed by atoms with Crippen LogP contribution in [0.1, 0.15) is 18.4 Å². The van der Waals surface area contributed by atoms with E-state index in [0.29, 0.717) is 18.1 Å². The Hall–Kier alpha value is -1.88. The lowest BCUT2D eigenvalue weighted by Crippen LogP contribution is -2.39. The highest BCUT2D eigenvalue weighted by Crippen LogP contribution is 2.08. The first-order chi connectivity index (χ1) is 9.16. The van der Waals surface area contributed by atoms with E-state index in [1.807, 2.05) is 0 Å². The van der Waals surface area contributed by atoms with Crippen LogP contribution in [0.3, 0.4) is 0 Å². The van der Waals surface area contributed by atoms with Gasteiger partial charge in [-0.25, -0.2) is 5.43 Å². The van der Waals surface area contributed by atoms with Gasteiger partial charge >= 0.3 is 11.8 Å². The van der Waals surface area contributed by atoms with E-state index in [9.17, 15) is 9.59 Å². The second kappa shape index (κ2) is 6.33. The molecule has 6 heteroatoms. The lowest BCUT2D eigenvalue weighted by Gasteiger charge is -2.12. The molecule has 0 saturated carbocycles. The second-order valence-corrected chi connectivity index (χ2v) is 4.69. The van der Waals surface area contributed by atoms with E-state index in [2.05, 4.69) is 10.5 Å². The van der Waals surface area contributed by atoms with Crippen molar-refractivity contribution >= 4 is 29.6 Å². The molecule has 0 aliphatic carbocycles. The van der Waals surface area contributed by atoms with E-state index in [4.69, 9.17) is 11.6 Å². The van der Waals surface area contributed by atoms with Crippen LogP contribution in [0.2, 0.25) is 5.02 Å². The van der Waals surface area contributed by atoms with Crippen LogP contribution >= 0.6 is 11.6 Å². The van der Waals surface area contributed by atoms with E-state index < -0.39 is 11.8 Å². The fourth-order valence-electron chi connectivity index (χ4n) is 1.83. The largest absolute Gasteiger partial charge is 0.334 e. The minimum Gasteiger partial charge on any atom is -0.334 e. The molecule has 1 aromatic rings. The van der Waals surface area contributed by atoms with Crippen LogP contribution < -0.4 is 5.43 Å². The summed E-state index contributed by atoms with van der Waals surface area (Å²) in [6.45, 7) is 1.29. The highest BCUT2D eigenvalue weighted by Gasteiger charge is 2.23. The van der Waals surface area contributed by atoms with Gasteiger partial charge in [0.2, 0.25) is 0 Å². The van der Waals surface area contributed by atoms with Crippen molar-refractivity contribution in [2.24, 2.45) is 5.10 Å². The second-order valence-electron chi connectivity index (χ2n) is 4.25. The molecular weight excluding hydrogens is 266 g/mol. The van der Waals surface area contributed by atoms with Crippen LogP contribution in [0.4, 0.5) is 0 Å². The zero-order valence-corrected chi connectivity index (χ0v) is 11.1. The molecule has 1 aliphatic rings. The van der Waals surface area contributed by atoms with Crippen molar-refractivity contribution < 1.29 is 9.59 Å². The van der Waals surface area contributed by atoms with Crippen LogP contribution in [0.25, 0.3) is 0 Å². The van der Waals surface area contributed by atoms with Gasteiger partial charge in [-0.3, -0.25) is 9.59 Å². The Balaban J connectivity index is 1.85. The third-order valence-corrected chi connectivity index (χ3v) is 3.09. The van der Waals surface area contributed by atoms with Crippen molar-refractivity contribution in [3.05, 3.63) is 34.9 Å². The van der Waals surface area contributed by atoms with Crippen LogP contribution in [0.5, 0.6) is 0 Å². The first kappa shape index (κ1) is 13.5. The maximum atomic E-state index is 11.7. The number of likely N-dealkylation sites (tertiary alicyclic amines) is 1. The molecule has 100 valence electrons. The van der Waals surface area contributed by atoms with Gasteiger partial charge in [-0.1, -0.05) is 23.7 Å². The molecule has 1 heterocycles. The van der Waals surface area contributed by atoms with Crippen molar-refractivity contribution in [1.29, 1.82) is 0 Å². The number of hydrazone groups is 1. The van der Waals surface area contributed by atoms with Gasteiger partial charge in [0, 0.05) is 18.1 Å². The maximum Gasteiger partial charge on any atom is 0.329 e. The minimum atomic E-state index is -0.702. The smallest absolute Gasteiger partial charge is 0.329 e. The number of nitrogens with one attached hydrogen (secondary N) is 1. The molecule has 2 amide bonds. The predicted octanol–water partition coefficient (Wildman–Crippen LogP) is 1.41. The summed E-state index contributed by atoms with van der Waals surface area (Å²) in [5.41, 5.74) is 3.02. The fourth-order valence-corrected chi connectivity index (χ4v) is 1.95. The first-order valence-corrected chi connectivity index (χ1v) is 6.42. The summed E-state index contributed by atoms with van der Waals surface area (Å²) in [6.07, 6.45) is 3.37. The standard InChI is InChI=1S/C13H14ClN3O2/c14-11-5-3-10(4-6-11)9-15-16-12(18)13(19)17-7-1-2-8-17/h3-6,9H,1-2,7-8H2,(H,16,18)/b15-9+. The molecule has 1 N–H and O–H groups in total. The maximum absolute atomic E-state index is 11.7. The molecule has 5 nitrogen and oxygen atoms in total. The van der Waals surface area contributed by atoms with Crippen LogP contribution in [0.15, 0.2) is 29.4 Å². The minimum absolute atomic E-state index is 0.522. The number of halogens is 1. The lowest BCUT2D eigenvalue weighted by atomic mass is 10.2. The number of carbonyl (C=O) groups is 2. The van der Waals surface area contributed by atoms with Crippen molar-refractivity contribution in [1.82, 2.24) is 10.3 Å². The molecular formula is C13H14ClN3O2. The SMILES string of the molecule is O=C(N/N=C/c1ccc(Cl)cc1)C(=O)N1CCCC1. The third kappa shape index (κ3) is 3.79. The molecule has 1 fully saturated rings. The number of benzene rings is 1. The van der Waals surface area contributed by atoms with Gasteiger partial charge in [-0.05, 0) is 30.5 Å². The number of hydrogen-bond acceptors (Lipinski definition) is 3. The Bertz CT molecular complexity index is 493. The summed E-state index contributed by atoms with van der Waals surface area (Å²) in [5.74, 6) is -1.22. The summed E-state index contributed by atoms with van der Waals surface area (Å²) in [7, 11) is 0. The number of nitrogens with zero attached hydrogens (tertiary/aromatic N) is 2. The molecule has 2 rings (SSSR count). The monoisotopic (exact) mass is 279 g/mol. The van der Waals surface area contributed by atoms with Gasteiger partial charge in [-0.15, -0.1) is 0 Å². The molecule has 0 unspecified atom stereocenters. The van der Waals surface area contributed by atoms with E-state index in [1.54, 1.807) is 24.3 Å². The van der Waals surface area contributed by atoms with Gasteiger partial charge < -0.3 is 4.90 Å². The number of hydrogen-bond donors (Lipinski definition) is 1. The molecule has 19 heavy (non-hydrogen) atoms. The normalized spacial score (nSPS) is 14.9. The van der Waals surface area contributed by atoms with Gasteiger partial charge in [0.15, 0.2) is 0 Å². The number of rotatable bonds is 2. The van der Waals surface area contributed by atoms with E-state index in [-0.39, 0.29) is 0 Å².